The number of ketones is 1. The fourth-order valence-electron chi connectivity index (χ4n) is 4.74. The molecule has 10 nitrogen and oxygen atoms in total. The predicted octanol–water partition coefficient (Wildman–Crippen LogP) is 2.51. The second kappa shape index (κ2) is 12.4. The molecule has 2 amide bonds. The highest BCUT2D eigenvalue weighted by Crippen LogP contribution is 2.18. The Hall–Kier alpha value is -4.48. The maximum Gasteiger partial charge on any atom is 0.270 e. The maximum atomic E-state index is 13.5. The predicted molar refractivity (Wildman–Crippen MR) is 152 cm³/mol. The van der Waals surface area contributed by atoms with Crippen LogP contribution in [0, 0.1) is 0 Å². The van der Waals surface area contributed by atoms with E-state index in [4.69, 9.17) is 0 Å². The number of carbonyl (C=O) groups is 3. The van der Waals surface area contributed by atoms with E-state index in [1.807, 2.05) is 48.5 Å². The molecule has 0 bridgehead atoms. The summed E-state index contributed by atoms with van der Waals surface area (Å²) in [4.78, 5) is 48.2. The van der Waals surface area contributed by atoms with Gasteiger partial charge in [0, 0.05) is 24.5 Å². The van der Waals surface area contributed by atoms with Crippen LogP contribution in [0.1, 0.15) is 28.9 Å². The number of Topliss-reactive ketones (excluding diaryl/α,β-unsaturated/α-hetero) is 1. The van der Waals surface area contributed by atoms with Crippen molar-refractivity contribution in [1.82, 2.24) is 24.9 Å². The number of nitrogens with one attached hydrogen (secondary N) is 2. The standard InChI is InChI=1S/C30H29N5O5S/c36-27-20-35(41(39,40)28-14-6-7-17-31-28)18-8-13-24(27)33-30(38)26(19-21-9-2-1-3-10-21)34-29(37)25-16-15-22-11-4-5-12-23(22)32-25/h1-7,9-12,14-17,24,26H,8,13,18-20H2,(H,33,38)(H,34,37)/t24?,26-/m0/s1. The van der Waals surface area contributed by atoms with Crippen molar-refractivity contribution in [3.8, 4) is 0 Å². The molecule has 5 rings (SSSR count). The summed E-state index contributed by atoms with van der Waals surface area (Å²) < 4.78 is 27.2. The summed E-state index contributed by atoms with van der Waals surface area (Å²) in [7, 11) is -3.96. The smallest absolute Gasteiger partial charge is 0.270 e. The van der Waals surface area contributed by atoms with Gasteiger partial charge >= 0.3 is 0 Å². The van der Waals surface area contributed by atoms with E-state index in [2.05, 4.69) is 20.6 Å². The van der Waals surface area contributed by atoms with Crippen LogP contribution in [-0.2, 0) is 26.0 Å². The Kier molecular flexibility index (Phi) is 8.46. The molecule has 2 N–H and O–H groups in total. The van der Waals surface area contributed by atoms with Gasteiger partial charge in [-0.05, 0) is 42.7 Å². The fourth-order valence-corrected chi connectivity index (χ4v) is 6.12. The summed E-state index contributed by atoms with van der Waals surface area (Å²) in [5, 5.41) is 6.30. The molecule has 11 heteroatoms. The van der Waals surface area contributed by atoms with E-state index >= 15 is 0 Å². The van der Waals surface area contributed by atoms with Crippen LogP contribution in [0.3, 0.4) is 0 Å². The number of nitrogens with zero attached hydrogens (tertiary/aromatic N) is 3. The second-order valence-electron chi connectivity index (χ2n) is 9.78. The molecule has 1 aliphatic heterocycles. The van der Waals surface area contributed by atoms with Crippen LogP contribution in [0.15, 0.2) is 96.2 Å². The van der Waals surface area contributed by atoms with Crippen molar-refractivity contribution in [3.05, 3.63) is 102 Å². The number of fused-ring (bicyclic) bond motifs is 1. The van der Waals surface area contributed by atoms with Crippen molar-refractivity contribution in [2.45, 2.75) is 36.4 Å². The van der Waals surface area contributed by atoms with Gasteiger partial charge in [-0.1, -0.05) is 60.7 Å². The lowest BCUT2D eigenvalue weighted by Crippen LogP contribution is -2.53. The number of rotatable bonds is 8. The third-order valence-electron chi connectivity index (χ3n) is 6.92. The Morgan fingerprint density at radius 1 is 0.951 bits per heavy atom. The van der Waals surface area contributed by atoms with Gasteiger partial charge in [-0.25, -0.2) is 18.4 Å². The third kappa shape index (κ3) is 6.64. The first-order valence-electron chi connectivity index (χ1n) is 13.3. The molecule has 1 saturated heterocycles. The number of hydrogen-bond donors (Lipinski definition) is 2. The number of carbonyl (C=O) groups excluding carboxylic acids is 3. The first-order valence-corrected chi connectivity index (χ1v) is 14.7. The molecule has 210 valence electrons. The van der Waals surface area contributed by atoms with E-state index in [0.29, 0.717) is 11.9 Å². The molecule has 1 aliphatic rings. The lowest BCUT2D eigenvalue weighted by atomic mass is 10.0. The van der Waals surface area contributed by atoms with E-state index in [1.165, 1.54) is 12.3 Å². The highest BCUT2D eigenvalue weighted by atomic mass is 32.2. The van der Waals surface area contributed by atoms with Gasteiger partial charge in [0.05, 0.1) is 18.1 Å². The topological polar surface area (TPSA) is 138 Å². The molecule has 0 aliphatic carbocycles. The van der Waals surface area contributed by atoms with Gasteiger partial charge in [-0.2, -0.15) is 4.31 Å². The van der Waals surface area contributed by atoms with Crippen molar-refractivity contribution in [1.29, 1.82) is 0 Å². The number of hydrogen-bond acceptors (Lipinski definition) is 7. The Morgan fingerprint density at radius 3 is 2.49 bits per heavy atom. The molecule has 2 aromatic heterocycles. The highest BCUT2D eigenvalue weighted by molar-refractivity contribution is 7.89. The van der Waals surface area contributed by atoms with Crippen LogP contribution >= 0.6 is 0 Å². The van der Waals surface area contributed by atoms with Crippen LogP contribution < -0.4 is 10.6 Å². The minimum Gasteiger partial charge on any atom is -0.344 e. The van der Waals surface area contributed by atoms with E-state index < -0.39 is 39.7 Å². The first-order chi connectivity index (χ1) is 19.8. The fraction of sp³-hybridized carbons (Fsp3) is 0.233. The molecular formula is C30H29N5O5S. The Labute approximate surface area is 237 Å². The normalized spacial score (nSPS) is 17.0. The van der Waals surface area contributed by atoms with Gasteiger partial charge < -0.3 is 10.6 Å². The number of benzene rings is 2. The monoisotopic (exact) mass is 571 g/mol. The van der Waals surface area contributed by atoms with Crippen LogP contribution in [-0.4, -0.2) is 65.5 Å². The summed E-state index contributed by atoms with van der Waals surface area (Å²) in [5.41, 5.74) is 1.63. The van der Waals surface area contributed by atoms with Crippen molar-refractivity contribution >= 4 is 38.5 Å². The molecular weight excluding hydrogens is 542 g/mol. The van der Waals surface area contributed by atoms with Crippen molar-refractivity contribution < 1.29 is 22.8 Å². The summed E-state index contributed by atoms with van der Waals surface area (Å²) >= 11 is 0. The van der Waals surface area contributed by atoms with Crippen LogP contribution in [0.25, 0.3) is 10.9 Å². The van der Waals surface area contributed by atoms with Crippen LogP contribution in [0.4, 0.5) is 0 Å². The molecule has 3 heterocycles. The molecule has 41 heavy (non-hydrogen) atoms. The molecule has 2 atom stereocenters. The summed E-state index contributed by atoms with van der Waals surface area (Å²) in [6.45, 7) is -0.268. The highest BCUT2D eigenvalue weighted by Gasteiger charge is 2.34. The Morgan fingerprint density at radius 2 is 1.71 bits per heavy atom. The van der Waals surface area contributed by atoms with E-state index in [9.17, 15) is 22.8 Å². The molecule has 4 aromatic rings. The minimum absolute atomic E-state index is 0.120. The average Bonchev–Trinajstić information content (AvgIpc) is 3.18. The van der Waals surface area contributed by atoms with Gasteiger partial charge in [0.15, 0.2) is 10.8 Å². The first kappa shape index (κ1) is 28.1. The number of sulfonamides is 1. The zero-order valence-corrected chi connectivity index (χ0v) is 23.0. The van der Waals surface area contributed by atoms with Crippen molar-refractivity contribution in [3.63, 3.8) is 0 Å². The molecule has 0 saturated carbocycles. The molecule has 1 fully saturated rings. The van der Waals surface area contributed by atoms with Gasteiger partial charge in [0.1, 0.15) is 11.7 Å². The summed E-state index contributed by atoms with van der Waals surface area (Å²) in [6, 6.07) is 22.7. The second-order valence-corrected chi connectivity index (χ2v) is 11.7. The minimum atomic E-state index is -3.96. The quantitative estimate of drug-likeness (QED) is 0.331. The van der Waals surface area contributed by atoms with Crippen molar-refractivity contribution in [2.75, 3.05) is 13.1 Å². The number of aromatic nitrogens is 2. The zero-order valence-electron chi connectivity index (χ0n) is 22.1. The van der Waals surface area contributed by atoms with Gasteiger partial charge in [-0.15, -0.1) is 0 Å². The summed E-state index contributed by atoms with van der Waals surface area (Å²) in [6.07, 6.45) is 2.19. The molecule has 1 unspecified atom stereocenters. The van der Waals surface area contributed by atoms with E-state index in [-0.39, 0.29) is 36.7 Å². The average molecular weight is 572 g/mol. The molecule has 0 spiro atoms. The summed E-state index contributed by atoms with van der Waals surface area (Å²) in [5.74, 6) is -1.50. The number of pyridine rings is 2. The maximum absolute atomic E-state index is 13.5. The van der Waals surface area contributed by atoms with Crippen molar-refractivity contribution in [2.24, 2.45) is 0 Å². The SMILES string of the molecule is O=C(N[C@@H](Cc1ccccc1)C(=O)NC1CCCN(S(=O)(=O)c2ccccn2)CC1=O)c1ccc2ccccc2n1. The van der Waals surface area contributed by atoms with Gasteiger partial charge in [0.25, 0.3) is 15.9 Å². The number of para-hydroxylation sites is 1. The Bertz CT molecular complexity index is 1660. The molecule has 0 radical (unpaired) electrons. The molecule has 2 aromatic carbocycles. The van der Waals surface area contributed by atoms with Crippen LogP contribution in [0.2, 0.25) is 0 Å². The van der Waals surface area contributed by atoms with Crippen LogP contribution in [0.5, 0.6) is 0 Å². The largest absolute Gasteiger partial charge is 0.344 e. The van der Waals surface area contributed by atoms with Gasteiger partial charge in [0.2, 0.25) is 5.91 Å². The lowest BCUT2D eigenvalue weighted by molar-refractivity contribution is -0.128. The van der Waals surface area contributed by atoms with Gasteiger partial charge in [-0.3, -0.25) is 14.4 Å². The lowest BCUT2D eigenvalue weighted by Gasteiger charge is -2.22. The number of amides is 2. The Balaban J connectivity index is 1.31. The third-order valence-corrected chi connectivity index (χ3v) is 8.68. The zero-order chi connectivity index (χ0) is 28.8. The van der Waals surface area contributed by atoms with E-state index in [1.54, 1.807) is 30.3 Å². The van der Waals surface area contributed by atoms with E-state index in [0.717, 1.165) is 15.3 Å².